The molecular formula is C22H24N2O2S2. The van der Waals surface area contributed by atoms with Crippen LogP contribution < -0.4 is 5.56 Å². The van der Waals surface area contributed by atoms with Crippen molar-refractivity contribution in [2.24, 2.45) is 5.92 Å². The summed E-state index contributed by atoms with van der Waals surface area (Å²) in [6.45, 7) is 10.7. The van der Waals surface area contributed by atoms with Crippen LogP contribution in [0.5, 0.6) is 0 Å². The maximum atomic E-state index is 13.7. The third-order valence-electron chi connectivity index (χ3n) is 5.08. The Morgan fingerprint density at radius 1 is 1.39 bits per heavy atom. The summed E-state index contributed by atoms with van der Waals surface area (Å²) >= 11 is 3.13. The fraction of sp³-hybridized carbons (Fsp3) is 0.364. The van der Waals surface area contributed by atoms with Crippen LogP contribution in [0.2, 0.25) is 0 Å². The second-order valence-corrected chi connectivity index (χ2v) is 9.52. The van der Waals surface area contributed by atoms with Gasteiger partial charge in [-0.3, -0.25) is 9.36 Å². The molecule has 28 heavy (non-hydrogen) atoms. The normalized spacial score (nSPS) is 16.5. The summed E-state index contributed by atoms with van der Waals surface area (Å²) in [5.74, 6) is 1.12. The number of hydrogen-bond donors (Lipinski definition) is 0. The van der Waals surface area contributed by atoms with Crippen LogP contribution in [-0.4, -0.2) is 21.4 Å². The molecule has 1 aliphatic heterocycles. The number of benzene rings is 1. The van der Waals surface area contributed by atoms with E-state index in [4.69, 9.17) is 9.72 Å². The molecule has 2 aromatic heterocycles. The van der Waals surface area contributed by atoms with Crippen molar-refractivity contribution in [3.8, 4) is 5.69 Å². The van der Waals surface area contributed by atoms with Gasteiger partial charge < -0.3 is 4.74 Å². The van der Waals surface area contributed by atoms with Crippen molar-refractivity contribution in [3.05, 3.63) is 63.3 Å². The molecule has 3 heterocycles. The summed E-state index contributed by atoms with van der Waals surface area (Å²) in [6, 6.07) is 8.03. The van der Waals surface area contributed by atoms with Gasteiger partial charge in [0.25, 0.3) is 5.56 Å². The first kappa shape index (κ1) is 19.4. The highest BCUT2D eigenvalue weighted by Gasteiger charge is 2.28. The number of nitrogens with zero attached hydrogens (tertiary/aromatic N) is 2. The van der Waals surface area contributed by atoms with Gasteiger partial charge in [-0.05, 0) is 30.5 Å². The Hall–Kier alpha value is -1.89. The number of thiophene rings is 1. The Morgan fingerprint density at radius 2 is 2.14 bits per heavy atom. The van der Waals surface area contributed by atoms with Gasteiger partial charge in [0.2, 0.25) is 0 Å². The summed E-state index contributed by atoms with van der Waals surface area (Å²) in [5, 5.41) is 1.47. The molecular weight excluding hydrogens is 388 g/mol. The van der Waals surface area contributed by atoms with Crippen LogP contribution in [0.25, 0.3) is 15.9 Å². The van der Waals surface area contributed by atoms with E-state index in [0.717, 1.165) is 38.3 Å². The molecule has 4 nitrogen and oxygen atoms in total. The second-order valence-electron chi connectivity index (χ2n) is 7.45. The van der Waals surface area contributed by atoms with Crippen LogP contribution >= 0.6 is 23.1 Å². The van der Waals surface area contributed by atoms with E-state index in [1.54, 1.807) is 15.9 Å². The van der Waals surface area contributed by atoms with Crippen molar-refractivity contribution in [3.63, 3.8) is 0 Å². The Labute approximate surface area is 173 Å². The molecule has 1 atom stereocenters. The summed E-state index contributed by atoms with van der Waals surface area (Å²) in [6.07, 6.45) is 2.75. The van der Waals surface area contributed by atoms with Gasteiger partial charge in [-0.15, -0.1) is 17.9 Å². The molecule has 0 N–H and O–H groups in total. The molecule has 0 aliphatic carbocycles. The van der Waals surface area contributed by atoms with Crippen LogP contribution in [0, 0.1) is 12.8 Å². The first-order chi connectivity index (χ1) is 13.5. The van der Waals surface area contributed by atoms with Gasteiger partial charge in [0, 0.05) is 17.1 Å². The van der Waals surface area contributed by atoms with Gasteiger partial charge in [0.15, 0.2) is 5.16 Å². The number of ether oxygens (including phenoxy) is 1. The van der Waals surface area contributed by atoms with Crippen molar-refractivity contribution in [1.82, 2.24) is 9.55 Å². The Balaban J connectivity index is 1.94. The zero-order valence-corrected chi connectivity index (χ0v) is 18.0. The summed E-state index contributed by atoms with van der Waals surface area (Å²) in [4.78, 5) is 20.5. The fourth-order valence-corrected chi connectivity index (χ4v) is 5.40. The van der Waals surface area contributed by atoms with Crippen LogP contribution in [0.1, 0.15) is 29.9 Å². The summed E-state index contributed by atoms with van der Waals surface area (Å²) in [5.41, 5.74) is 3.16. The number of fused-ring (bicyclic) bond motifs is 3. The van der Waals surface area contributed by atoms with Crippen molar-refractivity contribution >= 4 is 33.3 Å². The van der Waals surface area contributed by atoms with Crippen molar-refractivity contribution in [1.29, 1.82) is 0 Å². The highest BCUT2D eigenvalue weighted by molar-refractivity contribution is 7.99. The predicted molar refractivity (Wildman–Crippen MR) is 118 cm³/mol. The molecule has 146 valence electrons. The molecule has 1 aliphatic rings. The molecule has 0 unspecified atom stereocenters. The highest BCUT2D eigenvalue weighted by Crippen LogP contribution is 2.36. The first-order valence-corrected chi connectivity index (χ1v) is 11.3. The molecule has 3 aromatic rings. The predicted octanol–water partition coefficient (Wildman–Crippen LogP) is 5.13. The maximum absolute atomic E-state index is 13.7. The molecule has 0 saturated heterocycles. The molecule has 1 aromatic carbocycles. The van der Waals surface area contributed by atoms with E-state index in [-0.39, 0.29) is 11.7 Å². The zero-order chi connectivity index (χ0) is 19.8. The van der Waals surface area contributed by atoms with Crippen LogP contribution in [0.3, 0.4) is 0 Å². The van der Waals surface area contributed by atoms with Gasteiger partial charge in [-0.25, -0.2) is 4.98 Å². The van der Waals surface area contributed by atoms with Crippen LogP contribution in [-0.2, 0) is 17.8 Å². The quantitative estimate of drug-likeness (QED) is 0.331. The molecule has 6 heteroatoms. The minimum absolute atomic E-state index is 0.0160. The number of thioether (sulfide) groups is 1. The van der Waals surface area contributed by atoms with Gasteiger partial charge in [0.05, 0.1) is 23.8 Å². The standard InChI is InChI=1S/C22H24N2O2S2/c1-5-10-27-22-23-20-19(16-11-17(13(2)3)26-12-18(16)28-20)21(25)24(22)15-8-6-14(4)7-9-15/h5-9,13,17H,1,10-12H2,2-4H3/t17-/m0/s1. The number of hydrogen-bond acceptors (Lipinski definition) is 5. The smallest absolute Gasteiger partial charge is 0.267 e. The zero-order valence-electron chi connectivity index (χ0n) is 16.4. The van der Waals surface area contributed by atoms with E-state index in [0.29, 0.717) is 23.4 Å². The number of aromatic nitrogens is 2. The average Bonchev–Trinajstić information content (AvgIpc) is 3.05. The Kier molecular flexibility index (Phi) is 5.45. The largest absolute Gasteiger partial charge is 0.372 e. The Bertz CT molecular complexity index is 1080. The molecule has 0 radical (unpaired) electrons. The SMILES string of the molecule is C=CCSc1nc2sc3c(c2c(=O)n1-c1ccc(C)cc1)C[C@@H](C(C)C)OC3. The number of rotatable bonds is 5. The molecule has 4 rings (SSSR count). The minimum Gasteiger partial charge on any atom is -0.372 e. The molecule has 0 bridgehead atoms. The lowest BCUT2D eigenvalue weighted by atomic mass is 9.96. The number of aryl methyl sites for hydroxylation is 1. The first-order valence-electron chi connectivity index (χ1n) is 9.49. The molecule has 0 amide bonds. The molecule has 0 saturated carbocycles. The third-order valence-corrected chi connectivity index (χ3v) is 7.11. The second kappa shape index (κ2) is 7.85. The lowest BCUT2D eigenvalue weighted by Crippen LogP contribution is -2.28. The Morgan fingerprint density at radius 3 is 2.82 bits per heavy atom. The van der Waals surface area contributed by atoms with Crippen LogP contribution in [0.4, 0.5) is 0 Å². The fourth-order valence-electron chi connectivity index (χ4n) is 3.49. The molecule has 0 spiro atoms. The van der Waals surface area contributed by atoms with E-state index < -0.39 is 0 Å². The van der Waals surface area contributed by atoms with Crippen LogP contribution in [0.15, 0.2) is 46.9 Å². The van der Waals surface area contributed by atoms with E-state index in [2.05, 4.69) is 20.4 Å². The highest BCUT2D eigenvalue weighted by atomic mass is 32.2. The lowest BCUT2D eigenvalue weighted by Gasteiger charge is -2.26. The van der Waals surface area contributed by atoms with E-state index in [1.165, 1.54) is 11.8 Å². The van der Waals surface area contributed by atoms with Gasteiger partial charge >= 0.3 is 0 Å². The lowest BCUT2D eigenvalue weighted by molar-refractivity contribution is 0.00200. The maximum Gasteiger partial charge on any atom is 0.267 e. The van der Waals surface area contributed by atoms with Gasteiger partial charge in [0.1, 0.15) is 4.83 Å². The molecule has 0 fully saturated rings. The van der Waals surface area contributed by atoms with Crippen molar-refractivity contribution in [2.75, 3.05) is 5.75 Å². The van der Waals surface area contributed by atoms with E-state index >= 15 is 0 Å². The topological polar surface area (TPSA) is 44.1 Å². The van der Waals surface area contributed by atoms with Gasteiger partial charge in [-0.1, -0.05) is 49.4 Å². The average molecular weight is 413 g/mol. The minimum atomic E-state index is 0.0160. The van der Waals surface area contributed by atoms with E-state index in [1.807, 2.05) is 37.3 Å². The third kappa shape index (κ3) is 3.45. The van der Waals surface area contributed by atoms with E-state index in [9.17, 15) is 4.79 Å². The van der Waals surface area contributed by atoms with Crippen molar-refractivity contribution < 1.29 is 4.74 Å². The monoisotopic (exact) mass is 412 g/mol. The summed E-state index contributed by atoms with van der Waals surface area (Å²) in [7, 11) is 0. The van der Waals surface area contributed by atoms with Gasteiger partial charge in [-0.2, -0.15) is 0 Å². The van der Waals surface area contributed by atoms with Crippen molar-refractivity contribution in [2.45, 2.75) is 45.1 Å². The summed E-state index contributed by atoms with van der Waals surface area (Å²) < 4.78 is 7.77.